The fraction of sp³-hybridized carbons (Fsp3) is 0.300. The lowest BCUT2D eigenvalue weighted by atomic mass is 10.2. The molecule has 1 amide bonds. The fourth-order valence-corrected chi connectivity index (χ4v) is 2.57. The molecule has 0 bridgehead atoms. The molecule has 0 aliphatic rings. The summed E-state index contributed by atoms with van der Waals surface area (Å²) in [6.45, 7) is 2.19. The van der Waals surface area contributed by atoms with E-state index in [0.717, 1.165) is 18.8 Å². The maximum Gasteiger partial charge on any atom is 0.387 e. The molecule has 0 aliphatic carbocycles. The maximum atomic E-state index is 12.4. The van der Waals surface area contributed by atoms with E-state index in [0.29, 0.717) is 5.56 Å². The smallest absolute Gasteiger partial charge is 0.387 e. The predicted molar refractivity (Wildman–Crippen MR) is 102 cm³/mol. The number of carbonyl (C=O) groups excluding carboxylic acids is 2. The number of amides is 1. The van der Waals surface area contributed by atoms with Crippen molar-refractivity contribution in [2.45, 2.75) is 20.5 Å². The molecule has 150 valence electrons. The van der Waals surface area contributed by atoms with E-state index in [4.69, 9.17) is 4.74 Å². The van der Waals surface area contributed by atoms with E-state index in [1.807, 2.05) is 26.0 Å². The normalized spacial score (nSPS) is 10.5. The molecule has 2 aromatic carbocycles. The summed E-state index contributed by atoms with van der Waals surface area (Å²) in [5.74, 6) is -1.50. The Kier molecular flexibility index (Phi) is 7.74. The van der Waals surface area contributed by atoms with Crippen molar-refractivity contribution in [3.05, 3.63) is 54.1 Å². The Morgan fingerprint density at radius 1 is 1.04 bits per heavy atom. The van der Waals surface area contributed by atoms with E-state index < -0.39 is 25.1 Å². The number of esters is 1. The van der Waals surface area contributed by atoms with Crippen molar-refractivity contribution in [1.82, 2.24) is 0 Å². The number of benzene rings is 2. The molecule has 0 aromatic heterocycles. The maximum absolute atomic E-state index is 12.4. The number of ether oxygens (including phenoxy) is 2. The lowest BCUT2D eigenvalue weighted by Gasteiger charge is -2.20. The van der Waals surface area contributed by atoms with Crippen LogP contribution in [0, 0.1) is 0 Å². The van der Waals surface area contributed by atoms with Crippen LogP contribution >= 0.6 is 0 Å². The fourth-order valence-electron chi connectivity index (χ4n) is 2.57. The molecule has 2 rings (SSSR count). The number of carbonyl (C=O) groups is 2. The van der Waals surface area contributed by atoms with Gasteiger partial charge < -0.3 is 19.7 Å². The summed E-state index contributed by atoms with van der Waals surface area (Å²) < 4.78 is 34.1. The van der Waals surface area contributed by atoms with Crippen molar-refractivity contribution < 1.29 is 27.8 Å². The van der Waals surface area contributed by atoms with Gasteiger partial charge in [0.2, 0.25) is 0 Å². The van der Waals surface area contributed by atoms with Crippen molar-refractivity contribution >= 4 is 23.3 Å². The van der Waals surface area contributed by atoms with Crippen LogP contribution in [0.4, 0.5) is 20.2 Å². The highest BCUT2D eigenvalue weighted by Crippen LogP contribution is 2.25. The van der Waals surface area contributed by atoms with Crippen LogP contribution in [0.1, 0.15) is 24.2 Å². The second-order valence-electron chi connectivity index (χ2n) is 5.72. The lowest BCUT2D eigenvalue weighted by molar-refractivity contribution is -0.119. The first-order chi connectivity index (χ1) is 13.4. The standard InChI is InChI=1S/C20H22F2N2O4/c1-3-24(4-2)15-11-9-14(10-12-15)19(26)27-13-18(25)23-16-7-5-6-8-17(16)28-20(21)22/h5-12,20H,3-4,13H2,1-2H3,(H,23,25). The highest BCUT2D eigenvalue weighted by Gasteiger charge is 2.14. The zero-order valence-electron chi connectivity index (χ0n) is 15.7. The minimum Gasteiger partial charge on any atom is -0.452 e. The number of para-hydroxylation sites is 2. The molecule has 0 saturated carbocycles. The molecule has 8 heteroatoms. The van der Waals surface area contributed by atoms with Crippen LogP contribution in [0.2, 0.25) is 0 Å². The summed E-state index contributed by atoms with van der Waals surface area (Å²) in [5.41, 5.74) is 1.35. The van der Waals surface area contributed by atoms with E-state index in [-0.39, 0.29) is 11.4 Å². The molecule has 0 fully saturated rings. The molecule has 6 nitrogen and oxygen atoms in total. The van der Waals surface area contributed by atoms with Gasteiger partial charge in [-0.05, 0) is 50.2 Å². The van der Waals surface area contributed by atoms with Gasteiger partial charge in [0, 0.05) is 18.8 Å². The first-order valence-electron chi connectivity index (χ1n) is 8.80. The van der Waals surface area contributed by atoms with Crippen molar-refractivity contribution in [1.29, 1.82) is 0 Å². The highest BCUT2D eigenvalue weighted by atomic mass is 19.3. The number of halogens is 2. The number of alkyl halides is 2. The third kappa shape index (κ3) is 5.94. The predicted octanol–water partition coefficient (Wildman–Crippen LogP) is 3.93. The zero-order valence-corrected chi connectivity index (χ0v) is 15.7. The molecular weight excluding hydrogens is 370 g/mol. The molecular formula is C20H22F2N2O4. The Balaban J connectivity index is 1.91. The molecule has 0 radical (unpaired) electrons. The Morgan fingerprint density at radius 3 is 2.29 bits per heavy atom. The summed E-state index contributed by atoms with van der Waals surface area (Å²) in [4.78, 5) is 26.2. The average molecular weight is 392 g/mol. The van der Waals surface area contributed by atoms with Crippen molar-refractivity contribution in [2.24, 2.45) is 0 Å². The molecule has 0 unspecified atom stereocenters. The zero-order chi connectivity index (χ0) is 20.5. The van der Waals surface area contributed by atoms with Crippen LogP contribution < -0.4 is 15.0 Å². The van der Waals surface area contributed by atoms with Gasteiger partial charge in [-0.25, -0.2) is 4.79 Å². The van der Waals surface area contributed by atoms with E-state index in [1.165, 1.54) is 18.2 Å². The van der Waals surface area contributed by atoms with Crippen molar-refractivity contribution in [3.8, 4) is 5.75 Å². The molecule has 0 atom stereocenters. The largest absolute Gasteiger partial charge is 0.452 e. The number of anilines is 2. The molecule has 1 N–H and O–H groups in total. The number of nitrogens with one attached hydrogen (secondary N) is 1. The highest BCUT2D eigenvalue weighted by molar-refractivity contribution is 5.96. The SMILES string of the molecule is CCN(CC)c1ccc(C(=O)OCC(=O)Nc2ccccc2OC(F)F)cc1. The Bertz CT molecular complexity index is 793. The Labute approximate surface area is 162 Å². The van der Waals surface area contributed by atoms with Gasteiger partial charge in [-0.3, -0.25) is 4.79 Å². The van der Waals surface area contributed by atoms with Gasteiger partial charge in [-0.15, -0.1) is 0 Å². The van der Waals surface area contributed by atoms with Gasteiger partial charge in [-0.1, -0.05) is 12.1 Å². The van der Waals surface area contributed by atoms with Gasteiger partial charge in [0.1, 0.15) is 5.75 Å². The summed E-state index contributed by atoms with van der Waals surface area (Å²) >= 11 is 0. The van der Waals surface area contributed by atoms with Crippen LogP contribution in [-0.4, -0.2) is 38.2 Å². The monoisotopic (exact) mass is 392 g/mol. The average Bonchev–Trinajstić information content (AvgIpc) is 2.69. The Hall–Kier alpha value is -3.16. The number of hydrogen-bond acceptors (Lipinski definition) is 5. The molecule has 0 spiro atoms. The van der Waals surface area contributed by atoms with E-state index in [2.05, 4.69) is 15.0 Å². The van der Waals surface area contributed by atoms with Gasteiger partial charge >= 0.3 is 12.6 Å². The molecule has 0 heterocycles. The first kappa shape index (κ1) is 21.1. The van der Waals surface area contributed by atoms with Crippen LogP contribution in [0.25, 0.3) is 0 Å². The van der Waals surface area contributed by atoms with E-state index in [1.54, 1.807) is 18.2 Å². The summed E-state index contributed by atoms with van der Waals surface area (Å²) in [7, 11) is 0. The summed E-state index contributed by atoms with van der Waals surface area (Å²) in [5, 5.41) is 2.38. The summed E-state index contributed by atoms with van der Waals surface area (Å²) in [6.07, 6.45) is 0. The lowest BCUT2D eigenvalue weighted by Crippen LogP contribution is -2.22. The van der Waals surface area contributed by atoms with Crippen LogP contribution in [0.5, 0.6) is 5.75 Å². The minimum atomic E-state index is -3.02. The van der Waals surface area contributed by atoms with Crippen LogP contribution in [0.3, 0.4) is 0 Å². The quantitative estimate of drug-likeness (QED) is 0.655. The Morgan fingerprint density at radius 2 is 1.68 bits per heavy atom. The number of rotatable bonds is 9. The third-order valence-corrected chi connectivity index (χ3v) is 3.94. The molecule has 0 saturated heterocycles. The molecule has 2 aromatic rings. The van der Waals surface area contributed by atoms with E-state index in [9.17, 15) is 18.4 Å². The third-order valence-electron chi connectivity index (χ3n) is 3.94. The number of nitrogens with zero attached hydrogens (tertiary/aromatic N) is 1. The van der Waals surface area contributed by atoms with Crippen LogP contribution in [-0.2, 0) is 9.53 Å². The number of hydrogen-bond donors (Lipinski definition) is 1. The topological polar surface area (TPSA) is 67.9 Å². The van der Waals surface area contributed by atoms with Gasteiger partial charge in [-0.2, -0.15) is 8.78 Å². The minimum absolute atomic E-state index is 0.0624. The molecule has 0 aliphatic heterocycles. The molecule has 28 heavy (non-hydrogen) atoms. The van der Waals surface area contributed by atoms with E-state index >= 15 is 0 Å². The second kappa shape index (κ2) is 10.2. The van der Waals surface area contributed by atoms with Gasteiger partial charge in [0.25, 0.3) is 5.91 Å². The summed E-state index contributed by atoms with van der Waals surface area (Å²) in [6, 6.07) is 12.6. The van der Waals surface area contributed by atoms with Gasteiger partial charge in [0.15, 0.2) is 6.61 Å². The van der Waals surface area contributed by atoms with Crippen molar-refractivity contribution in [2.75, 3.05) is 29.9 Å². The second-order valence-corrected chi connectivity index (χ2v) is 5.72. The van der Waals surface area contributed by atoms with Crippen molar-refractivity contribution in [3.63, 3.8) is 0 Å². The van der Waals surface area contributed by atoms with Crippen LogP contribution in [0.15, 0.2) is 48.5 Å². The van der Waals surface area contributed by atoms with Gasteiger partial charge in [0.05, 0.1) is 11.3 Å². The first-order valence-corrected chi connectivity index (χ1v) is 8.80.